The fourth-order valence-corrected chi connectivity index (χ4v) is 2.48. The highest BCUT2D eigenvalue weighted by molar-refractivity contribution is 5.78. The van der Waals surface area contributed by atoms with E-state index in [0.29, 0.717) is 39.1 Å². The second-order valence-corrected chi connectivity index (χ2v) is 6.79. The molecule has 0 aromatic carbocycles. The van der Waals surface area contributed by atoms with Gasteiger partial charge in [0.25, 0.3) is 0 Å². The summed E-state index contributed by atoms with van der Waals surface area (Å²) >= 11 is 0. The highest BCUT2D eigenvalue weighted by Gasteiger charge is 2.30. The first kappa shape index (κ1) is 19.1. The largest absolute Gasteiger partial charge is 0.444 e. The van der Waals surface area contributed by atoms with Crippen LogP contribution in [0.2, 0.25) is 0 Å². The first-order chi connectivity index (χ1) is 10.8. The number of hydrogen-bond acceptors (Lipinski definition) is 4. The molecule has 23 heavy (non-hydrogen) atoms. The van der Waals surface area contributed by atoms with Crippen molar-refractivity contribution >= 4 is 12.0 Å². The van der Waals surface area contributed by atoms with Crippen LogP contribution in [0.5, 0.6) is 0 Å². The third kappa shape index (κ3) is 6.78. The van der Waals surface area contributed by atoms with Crippen molar-refractivity contribution in [2.45, 2.75) is 46.1 Å². The van der Waals surface area contributed by atoms with Crippen LogP contribution in [0.15, 0.2) is 5.11 Å². The first-order valence-electron chi connectivity index (χ1n) is 8.03. The molecular weight excluding hydrogens is 298 g/mol. The Kier molecular flexibility index (Phi) is 7.16. The van der Waals surface area contributed by atoms with Crippen LogP contribution in [0, 0.1) is 5.92 Å². The molecule has 8 nitrogen and oxygen atoms in total. The zero-order valence-corrected chi connectivity index (χ0v) is 14.5. The predicted octanol–water partition coefficient (Wildman–Crippen LogP) is 2.79. The van der Waals surface area contributed by atoms with Crippen molar-refractivity contribution in [3.05, 3.63) is 10.4 Å². The Hall–Kier alpha value is -1.95. The van der Waals surface area contributed by atoms with Gasteiger partial charge in [-0.15, -0.1) is 0 Å². The van der Waals surface area contributed by atoms with Crippen LogP contribution < -0.4 is 0 Å². The van der Waals surface area contributed by atoms with Gasteiger partial charge in [0, 0.05) is 44.1 Å². The second-order valence-electron chi connectivity index (χ2n) is 6.79. The van der Waals surface area contributed by atoms with Crippen LogP contribution in [-0.2, 0) is 9.53 Å². The number of azide groups is 1. The molecule has 130 valence electrons. The van der Waals surface area contributed by atoms with Crippen LogP contribution in [-0.4, -0.2) is 60.1 Å². The summed E-state index contributed by atoms with van der Waals surface area (Å²) in [5.41, 5.74) is 7.81. The third-order valence-electron chi connectivity index (χ3n) is 3.48. The summed E-state index contributed by atoms with van der Waals surface area (Å²) in [6, 6.07) is 0. The van der Waals surface area contributed by atoms with Gasteiger partial charge in [-0.1, -0.05) is 12.0 Å². The van der Waals surface area contributed by atoms with E-state index in [4.69, 9.17) is 10.3 Å². The van der Waals surface area contributed by atoms with Crippen molar-refractivity contribution in [3.8, 4) is 0 Å². The number of amides is 2. The molecule has 0 spiro atoms. The molecule has 0 bridgehead atoms. The van der Waals surface area contributed by atoms with Gasteiger partial charge >= 0.3 is 6.09 Å². The van der Waals surface area contributed by atoms with E-state index in [9.17, 15) is 9.59 Å². The molecule has 2 amide bonds. The van der Waals surface area contributed by atoms with Gasteiger partial charge in [-0.3, -0.25) is 4.79 Å². The Labute approximate surface area is 137 Å². The minimum absolute atomic E-state index is 0.0452. The van der Waals surface area contributed by atoms with Gasteiger partial charge in [-0.25, -0.2) is 4.79 Å². The second kappa shape index (κ2) is 8.62. The number of nitrogens with zero attached hydrogens (tertiary/aromatic N) is 5. The molecular formula is C15H27N5O3. The lowest BCUT2D eigenvalue weighted by molar-refractivity contribution is -0.127. The molecule has 1 fully saturated rings. The van der Waals surface area contributed by atoms with Crippen molar-refractivity contribution in [2.75, 3.05) is 32.7 Å². The number of ether oxygens (including phenoxy) is 1. The normalized spacial score (nSPS) is 17.8. The molecule has 1 saturated heterocycles. The van der Waals surface area contributed by atoms with E-state index in [1.54, 1.807) is 9.80 Å². The topological polar surface area (TPSA) is 98.6 Å². The standard InChI is InChI=1S/C15H27N5O3/c1-5-6-19(14(22)23-15(2,3)4)7-8-20-11-12(9-13(20)21)10-17-18-16/h12H,5-11H2,1-4H3. The van der Waals surface area contributed by atoms with Crippen LogP contribution in [0.1, 0.15) is 40.5 Å². The maximum Gasteiger partial charge on any atom is 0.410 e. The quantitative estimate of drug-likeness (QED) is 0.409. The molecule has 0 aliphatic carbocycles. The Morgan fingerprint density at radius 3 is 2.74 bits per heavy atom. The van der Waals surface area contributed by atoms with Crippen molar-refractivity contribution in [2.24, 2.45) is 11.0 Å². The molecule has 1 atom stereocenters. The Morgan fingerprint density at radius 1 is 1.48 bits per heavy atom. The van der Waals surface area contributed by atoms with Crippen molar-refractivity contribution in [1.29, 1.82) is 0 Å². The highest BCUT2D eigenvalue weighted by atomic mass is 16.6. The fourth-order valence-electron chi connectivity index (χ4n) is 2.48. The number of rotatable bonds is 7. The summed E-state index contributed by atoms with van der Waals surface area (Å²) in [5.74, 6) is 0.114. The summed E-state index contributed by atoms with van der Waals surface area (Å²) in [6.07, 6.45) is 0.878. The smallest absolute Gasteiger partial charge is 0.410 e. The Balaban J connectivity index is 2.53. The van der Waals surface area contributed by atoms with E-state index in [1.807, 2.05) is 27.7 Å². The zero-order chi connectivity index (χ0) is 17.5. The monoisotopic (exact) mass is 325 g/mol. The summed E-state index contributed by atoms with van der Waals surface area (Å²) in [6.45, 7) is 9.93. The molecule has 0 radical (unpaired) electrons. The van der Waals surface area contributed by atoms with E-state index < -0.39 is 5.60 Å². The molecule has 1 rings (SSSR count). The lowest BCUT2D eigenvalue weighted by Crippen LogP contribution is -2.42. The summed E-state index contributed by atoms with van der Waals surface area (Å²) in [7, 11) is 0. The van der Waals surface area contributed by atoms with Gasteiger partial charge in [-0.05, 0) is 38.6 Å². The van der Waals surface area contributed by atoms with Crippen molar-refractivity contribution in [1.82, 2.24) is 9.80 Å². The predicted molar refractivity (Wildman–Crippen MR) is 86.8 cm³/mol. The van der Waals surface area contributed by atoms with Crippen molar-refractivity contribution < 1.29 is 14.3 Å². The summed E-state index contributed by atoms with van der Waals surface area (Å²) in [4.78, 5) is 30.3. The van der Waals surface area contributed by atoms with Gasteiger partial charge in [0.15, 0.2) is 0 Å². The van der Waals surface area contributed by atoms with Crippen LogP contribution in [0.25, 0.3) is 10.4 Å². The lowest BCUT2D eigenvalue weighted by atomic mass is 10.1. The number of carbonyl (C=O) groups excluding carboxylic acids is 2. The fraction of sp³-hybridized carbons (Fsp3) is 0.867. The van der Waals surface area contributed by atoms with Gasteiger partial charge in [0.05, 0.1) is 0 Å². The first-order valence-corrected chi connectivity index (χ1v) is 8.03. The van der Waals surface area contributed by atoms with E-state index in [1.165, 1.54) is 0 Å². The maximum absolute atomic E-state index is 12.2. The molecule has 1 heterocycles. The van der Waals surface area contributed by atoms with Gasteiger partial charge in [-0.2, -0.15) is 0 Å². The molecule has 0 saturated carbocycles. The molecule has 1 aliphatic rings. The molecule has 0 N–H and O–H groups in total. The minimum atomic E-state index is -0.535. The summed E-state index contributed by atoms with van der Waals surface area (Å²) < 4.78 is 5.40. The molecule has 0 aromatic heterocycles. The van der Waals surface area contributed by atoms with E-state index in [2.05, 4.69) is 10.0 Å². The van der Waals surface area contributed by atoms with Gasteiger partial charge < -0.3 is 14.5 Å². The number of hydrogen-bond donors (Lipinski definition) is 0. The highest BCUT2D eigenvalue weighted by Crippen LogP contribution is 2.18. The van der Waals surface area contributed by atoms with Crippen molar-refractivity contribution in [3.63, 3.8) is 0 Å². The van der Waals surface area contributed by atoms with Crippen LogP contribution in [0.3, 0.4) is 0 Å². The van der Waals surface area contributed by atoms with E-state index in [-0.39, 0.29) is 17.9 Å². The minimum Gasteiger partial charge on any atom is -0.444 e. The summed E-state index contributed by atoms with van der Waals surface area (Å²) in [5, 5.41) is 3.53. The molecule has 0 aromatic rings. The van der Waals surface area contributed by atoms with Crippen LogP contribution in [0.4, 0.5) is 4.79 Å². The average Bonchev–Trinajstić information content (AvgIpc) is 2.79. The third-order valence-corrected chi connectivity index (χ3v) is 3.48. The number of likely N-dealkylation sites (tertiary alicyclic amines) is 1. The Morgan fingerprint density at radius 2 is 2.17 bits per heavy atom. The lowest BCUT2D eigenvalue weighted by Gasteiger charge is -2.28. The zero-order valence-electron chi connectivity index (χ0n) is 14.5. The maximum atomic E-state index is 12.2. The van der Waals surface area contributed by atoms with Gasteiger partial charge in [0.2, 0.25) is 5.91 Å². The molecule has 1 unspecified atom stereocenters. The van der Waals surface area contributed by atoms with E-state index in [0.717, 1.165) is 6.42 Å². The number of carbonyl (C=O) groups is 2. The molecule has 8 heteroatoms. The SMILES string of the molecule is CCCN(CCN1CC(CN=[N+]=[N-])CC1=O)C(=O)OC(C)(C)C. The molecule has 1 aliphatic heterocycles. The Bertz CT molecular complexity index is 468. The van der Waals surface area contributed by atoms with Crippen LogP contribution >= 0.6 is 0 Å². The van der Waals surface area contributed by atoms with Gasteiger partial charge in [0.1, 0.15) is 5.60 Å². The van der Waals surface area contributed by atoms with E-state index >= 15 is 0 Å². The average molecular weight is 325 g/mol.